The minimum absolute atomic E-state index is 0.417. The van der Waals surface area contributed by atoms with Gasteiger partial charge in [0.15, 0.2) is 0 Å². The van der Waals surface area contributed by atoms with Crippen LogP contribution in [0.4, 0.5) is 4.39 Å². The molecule has 2 heterocycles. The van der Waals surface area contributed by atoms with Gasteiger partial charge in [0.2, 0.25) is 5.95 Å². The Bertz CT molecular complexity index is 332. The second-order valence-electron chi connectivity index (χ2n) is 2.44. The van der Waals surface area contributed by atoms with E-state index >= 15 is 0 Å². The van der Waals surface area contributed by atoms with Crippen molar-refractivity contribution < 1.29 is 4.39 Å². The summed E-state index contributed by atoms with van der Waals surface area (Å²) in [6.07, 6.45) is 5.31. The molecule has 0 atom stereocenters. The van der Waals surface area contributed by atoms with E-state index in [1.807, 2.05) is 6.08 Å². The van der Waals surface area contributed by atoms with Gasteiger partial charge in [0, 0.05) is 11.8 Å². The minimum Gasteiger partial charge on any atom is -0.234 e. The van der Waals surface area contributed by atoms with Crippen molar-refractivity contribution >= 4 is 6.20 Å². The van der Waals surface area contributed by atoms with Crippen LogP contribution in [0.15, 0.2) is 17.9 Å². The molecule has 1 aliphatic rings. The van der Waals surface area contributed by atoms with E-state index in [1.165, 1.54) is 10.7 Å². The van der Waals surface area contributed by atoms with Crippen LogP contribution in [0.2, 0.25) is 0 Å². The van der Waals surface area contributed by atoms with Crippen LogP contribution in [0, 0.1) is 5.95 Å². The molecule has 0 aliphatic carbocycles. The summed E-state index contributed by atoms with van der Waals surface area (Å²) in [7, 11) is 0. The lowest BCUT2D eigenvalue weighted by molar-refractivity contribution is 0.569. The number of aryl methyl sites for hydroxylation is 1. The van der Waals surface area contributed by atoms with E-state index in [1.54, 1.807) is 6.20 Å². The zero-order valence-electron chi connectivity index (χ0n) is 5.92. The molecule has 0 saturated carbocycles. The zero-order valence-corrected chi connectivity index (χ0v) is 5.92. The van der Waals surface area contributed by atoms with Crippen LogP contribution in [0.25, 0.3) is 6.20 Å². The van der Waals surface area contributed by atoms with Gasteiger partial charge in [0.25, 0.3) is 0 Å². The molecule has 11 heavy (non-hydrogen) atoms. The number of fused-ring (bicyclic) bond motifs is 1. The lowest BCUT2D eigenvalue weighted by Crippen LogP contribution is -1.94. The summed E-state index contributed by atoms with van der Waals surface area (Å²) in [5, 5.41) is 3.62. The van der Waals surface area contributed by atoms with Crippen LogP contribution in [-0.4, -0.2) is 9.78 Å². The van der Waals surface area contributed by atoms with E-state index in [9.17, 15) is 4.39 Å². The van der Waals surface area contributed by atoms with Crippen molar-refractivity contribution in [3.8, 4) is 0 Å². The lowest BCUT2D eigenvalue weighted by atomic mass is 10.2. The number of allylic oxidation sites excluding steroid dienone is 1. The first-order valence-corrected chi connectivity index (χ1v) is 3.51. The highest BCUT2D eigenvalue weighted by Crippen LogP contribution is 2.08. The van der Waals surface area contributed by atoms with Gasteiger partial charge in [0.1, 0.15) is 0 Å². The smallest absolute Gasteiger partial charge is 0.233 e. The quantitative estimate of drug-likeness (QED) is 0.513. The van der Waals surface area contributed by atoms with Crippen molar-refractivity contribution in [3.63, 3.8) is 0 Å². The first kappa shape index (κ1) is 6.38. The Kier molecular flexibility index (Phi) is 1.37. The predicted octanol–water partition coefficient (Wildman–Crippen LogP) is 1.59. The average molecular weight is 150 g/mol. The van der Waals surface area contributed by atoms with Gasteiger partial charge in [-0.2, -0.15) is 4.39 Å². The molecule has 0 saturated heterocycles. The molecule has 0 radical (unpaired) electrons. The van der Waals surface area contributed by atoms with Crippen LogP contribution in [-0.2, 0) is 6.42 Å². The van der Waals surface area contributed by atoms with Crippen molar-refractivity contribution in [1.82, 2.24) is 9.78 Å². The monoisotopic (exact) mass is 150 g/mol. The molecule has 0 N–H and O–H groups in total. The van der Waals surface area contributed by atoms with Crippen LogP contribution < -0.4 is 0 Å². The molecule has 0 aromatic carbocycles. The Morgan fingerprint density at radius 3 is 3.45 bits per heavy atom. The third kappa shape index (κ3) is 1.10. The molecule has 0 spiro atoms. The molecular formula is C8H7FN2. The highest BCUT2D eigenvalue weighted by Gasteiger charge is 2.05. The van der Waals surface area contributed by atoms with Gasteiger partial charge in [-0.25, -0.2) is 4.68 Å². The van der Waals surface area contributed by atoms with Crippen molar-refractivity contribution in [2.75, 3.05) is 0 Å². The van der Waals surface area contributed by atoms with E-state index in [2.05, 4.69) is 10.8 Å². The van der Waals surface area contributed by atoms with E-state index in [4.69, 9.17) is 0 Å². The van der Waals surface area contributed by atoms with Gasteiger partial charge in [-0.05, 0) is 18.9 Å². The second-order valence-corrected chi connectivity index (χ2v) is 2.44. The van der Waals surface area contributed by atoms with Gasteiger partial charge >= 0.3 is 0 Å². The van der Waals surface area contributed by atoms with E-state index in [-0.39, 0.29) is 0 Å². The van der Waals surface area contributed by atoms with Crippen LogP contribution in [0.1, 0.15) is 12.1 Å². The van der Waals surface area contributed by atoms with Gasteiger partial charge in [0.05, 0.1) is 6.20 Å². The van der Waals surface area contributed by atoms with Crippen LogP contribution in [0.5, 0.6) is 0 Å². The Balaban J connectivity index is 2.54. The van der Waals surface area contributed by atoms with Gasteiger partial charge in [-0.3, -0.25) is 0 Å². The topological polar surface area (TPSA) is 17.8 Å². The third-order valence-electron chi connectivity index (χ3n) is 1.64. The molecule has 0 fully saturated rings. The highest BCUT2D eigenvalue weighted by molar-refractivity contribution is 5.26. The summed E-state index contributed by atoms with van der Waals surface area (Å²) in [4.78, 5) is 0. The van der Waals surface area contributed by atoms with Crippen molar-refractivity contribution in [2.45, 2.75) is 12.8 Å². The van der Waals surface area contributed by atoms with E-state index in [0.29, 0.717) is 0 Å². The summed E-state index contributed by atoms with van der Waals surface area (Å²) < 4.78 is 14.1. The molecule has 56 valence electrons. The maximum absolute atomic E-state index is 12.5. The standard InChI is InChI=1S/C8H7FN2/c9-8-6-7-4-2-1-3-5-11(7)10-8/h1,5-6H,2,4H2. The normalized spacial score (nSPS) is 14.6. The molecule has 1 aromatic heterocycles. The Morgan fingerprint density at radius 1 is 1.64 bits per heavy atom. The summed E-state index contributed by atoms with van der Waals surface area (Å²) >= 11 is 0. The number of rotatable bonds is 0. The number of hydrogen-bond donors (Lipinski definition) is 0. The van der Waals surface area contributed by atoms with E-state index < -0.39 is 5.95 Å². The molecule has 0 unspecified atom stereocenters. The van der Waals surface area contributed by atoms with Crippen LogP contribution >= 0.6 is 0 Å². The predicted molar refractivity (Wildman–Crippen MR) is 39.3 cm³/mol. The highest BCUT2D eigenvalue weighted by atomic mass is 19.1. The van der Waals surface area contributed by atoms with Crippen molar-refractivity contribution in [1.29, 1.82) is 0 Å². The third-order valence-corrected chi connectivity index (χ3v) is 1.64. The SMILES string of the molecule is Fc1cc2n(n1)C=C=CCC2. The fraction of sp³-hybridized carbons (Fsp3) is 0.250. The van der Waals surface area contributed by atoms with Gasteiger partial charge in [-0.1, -0.05) is 0 Å². The Morgan fingerprint density at radius 2 is 2.55 bits per heavy atom. The van der Waals surface area contributed by atoms with Gasteiger partial charge < -0.3 is 0 Å². The first-order valence-electron chi connectivity index (χ1n) is 3.51. The van der Waals surface area contributed by atoms with Crippen molar-refractivity contribution in [2.24, 2.45) is 0 Å². The fourth-order valence-corrected chi connectivity index (χ4v) is 1.12. The molecule has 2 nitrogen and oxygen atoms in total. The maximum Gasteiger partial charge on any atom is 0.233 e. The first-order chi connectivity index (χ1) is 5.36. The number of halogens is 1. The van der Waals surface area contributed by atoms with Crippen molar-refractivity contribution in [3.05, 3.63) is 29.5 Å². The molecule has 0 amide bonds. The summed E-state index contributed by atoms with van der Waals surface area (Å²) in [5.74, 6) is -0.417. The second kappa shape index (κ2) is 2.36. The van der Waals surface area contributed by atoms with Crippen LogP contribution in [0.3, 0.4) is 0 Å². The molecule has 3 heteroatoms. The molecule has 2 rings (SSSR count). The molecule has 0 bridgehead atoms. The number of hydrogen-bond acceptors (Lipinski definition) is 1. The average Bonchev–Trinajstić information content (AvgIpc) is 2.17. The number of aromatic nitrogens is 2. The van der Waals surface area contributed by atoms with Gasteiger partial charge in [-0.15, -0.1) is 10.8 Å². The minimum atomic E-state index is -0.417. The fourth-order valence-electron chi connectivity index (χ4n) is 1.12. The summed E-state index contributed by atoms with van der Waals surface area (Å²) in [6, 6.07) is 1.46. The Labute approximate surface area is 63.6 Å². The Hall–Kier alpha value is -1.34. The zero-order chi connectivity index (χ0) is 7.68. The van der Waals surface area contributed by atoms with E-state index in [0.717, 1.165) is 18.5 Å². The largest absolute Gasteiger partial charge is 0.234 e. The summed E-state index contributed by atoms with van der Waals surface area (Å²) in [5.41, 5.74) is 3.81. The molecule has 1 aromatic rings. The maximum atomic E-state index is 12.5. The summed E-state index contributed by atoms with van der Waals surface area (Å²) in [6.45, 7) is 0. The molecule has 1 aliphatic heterocycles. The lowest BCUT2D eigenvalue weighted by Gasteiger charge is -1.94. The number of nitrogens with zero attached hydrogens (tertiary/aromatic N) is 2. The molecular weight excluding hydrogens is 143 g/mol.